The predicted molar refractivity (Wildman–Crippen MR) is 47.3 cm³/mol. The van der Waals surface area contributed by atoms with Crippen LogP contribution in [0.4, 0.5) is 22.0 Å². The van der Waals surface area contributed by atoms with Gasteiger partial charge in [0, 0.05) is 0 Å². The summed E-state index contributed by atoms with van der Waals surface area (Å²) >= 11 is 0. The van der Waals surface area contributed by atoms with Crippen molar-refractivity contribution in [3.63, 3.8) is 0 Å². The van der Waals surface area contributed by atoms with Crippen LogP contribution in [-0.4, -0.2) is 9.97 Å². The second-order valence-corrected chi connectivity index (χ2v) is 3.17. The van der Waals surface area contributed by atoms with E-state index in [1.165, 1.54) is 4.98 Å². The first kappa shape index (κ1) is 11.5. The van der Waals surface area contributed by atoms with Crippen LogP contribution in [0.25, 0.3) is 10.9 Å². The number of alkyl halides is 3. The highest BCUT2D eigenvalue weighted by atomic mass is 19.4. The largest absolute Gasteiger partial charge is 0.432 e. The fraction of sp³-hybridized carbons (Fsp3) is 0.111. The lowest BCUT2D eigenvalue weighted by Crippen LogP contribution is -2.20. The maximum atomic E-state index is 13.3. The SMILES string of the molecule is O=c1nc2ccc(F)c(F)c2c(C(F)(F)F)[nH]1. The Morgan fingerprint density at radius 2 is 1.82 bits per heavy atom. The Hall–Kier alpha value is -1.99. The van der Waals surface area contributed by atoms with Crippen molar-refractivity contribution < 1.29 is 22.0 Å². The monoisotopic (exact) mass is 250 g/mol. The molecule has 0 fully saturated rings. The Morgan fingerprint density at radius 1 is 1.18 bits per heavy atom. The third kappa shape index (κ3) is 1.85. The van der Waals surface area contributed by atoms with E-state index in [1.807, 2.05) is 0 Å². The number of rotatable bonds is 0. The quantitative estimate of drug-likeness (QED) is 0.728. The molecule has 0 unspecified atom stereocenters. The zero-order chi connectivity index (χ0) is 12.8. The summed E-state index contributed by atoms with van der Waals surface area (Å²) in [6, 6.07) is 1.41. The summed E-state index contributed by atoms with van der Waals surface area (Å²) < 4.78 is 63.7. The number of fused-ring (bicyclic) bond motifs is 1. The normalized spacial score (nSPS) is 12.1. The summed E-state index contributed by atoms with van der Waals surface area (Å²) in [5.74, 6) is -3.14. The van der Waals surface area contributed by atoms with E-state index in [0.29, 0.717) is 6.07 Å². The van der Waals surface area contributed by atoms with Crippen LogP contribution < -0.4 is 5.69 Å². The molecule has 0 bridgehead atoms. The minimum absolute atomic E-state index is 0.556. The van der Waals surface area contributed by atoms with Crippen molar-refractivity contribution in [2.45, 2.75) is 6.18 Å². The fourth-order valence-electron chi connectivity index (χ4n) is 1.39. The van der Waals surface area contributed by atoms with Gasteiger partial charge in [0.1, 0.15) is 5.69 Å². The molecule has 1 aromatic heterocycles. The molecule has 0 aliphatic heterocycles. The van der Waals surface area contributed by atoms with E-state index >= 15 is 0 Å². The molecule has 1 aromatic carbocycles. The number of halogens is 5. The summed E-state index contributed by atoms with van der Waals surface area (Å²) in [6.07, 6.45) is -5.00. The predicted octanol–water partition coefficient (Wildman–Crippen LogP) is 2.22. The number of H-pyrrole nitrogens is 1. The van der Waals surface area contributed by atoms with Gasteiger partial charge in [-0.25, -0.2) is 13.6 Å². The van der Waals surface area contributed by atoms with Gasteiger partial charge in [-0.2, -0.15) is 18.2 Å². The Bertz CT molecular complexity index is 646. The van der Waals surface area contributed by atoms with Crippen LogP contribution >= 0.6 is 0 Å². The van der Waals surface area contributed by atoms with E-state index in [-0.39, 0.29) is 0 Å². The number of hydrogen-bond acceptors (Lipinski definition) is 2. The lowest BCUT2D eigenvalue weighted by Gasteiger charge is -2.09. The molecule has 1 heterocycles. The van der Waals surface area contributed by atoms with Crippen molar-refractivity contribution in [2.75, 3.05) is 0 Å². The van der Waals surface area contributed by atoms with Gasteiger partial charge >= 0.3 is 11.9 Å². The molecule has 0 saturated heterocycles. The Kier molecular flexibility index (Phi) is 2.37. The van der Waals surface area contributed by atoms with Crippen LogP contribution in [0.2, 0.25) is 0 Å². The number of aromatic amines is 1. The lowest BCUT2D eigenvalue weighted by atomic mass is 10.1. The molecule has 8 heteroatoms. The molecular weight excluding hydrogens is 247 g/mol. The molecular formula is C9H3F5N2O. The summed E-state index contributed by atoms with van der Waals surface area (Å²) in [4.78, 5) is 15.4. The highest BCUT2D eigenvalue weighted by molar-refractivity contribution is 5.81. The van der Waals surface area contributed by atoms with Gasteiger partial charge in [0.25, 0.3) is 0 Å². The van der Waals surface area contributed by atoms with E-state index in [0.717, 1.165) is 6.07 Å². The topological polar surface area (TPSA) is 45.8 Å². The maximum Gasteiger partial charge on any atom is 0.432 e. The molecule has 0 atom stereocenters. The van der Waals surface area contributed by atoms with Crippen LogP contribution in [-0.2, 0) is 6.18 Å². The Morgan fingerprint density at radius 3 is 2.41 bits per heavy atom. The average molecular weight is 250 g/mol. The van der Waals surface area contributed by atoms with Crippen LogP contribution in [0.15, 0.2) is 16.9 Å². The summed E-state index contributed by atoms with van der Waals surface area (Å²) in [5.41, 5.74) is -3.49. The van der Waals surface area contributed by atoms with E-state index in [1.54, 1.807) is 0 Å². The molecule has 0 saturated carbocycles. The second-order valence-electron chi connectivity index (χ2n) is 3.17. The molecule has 3 nitrogen and oxygen atoms in total. The van der Waals surface area contributed by atoms with Gasteiger partial charge < -0.3 is 4.98 Å². The number of nitrogens with one attached hydrogen (secondary N) is 1. The molecule has 90 valence electrons. The molecule has 0 radical (unpaired) electrons. The van der Waals surface area contributed by atoms with Gasteiger partial charge in [-0.1, -0.05) is 0 Å². The van der Waals surface area contributed by atoms with Gasteiger partial charge in [-0.05, 0) is 12.1 Å². The molecule has 0 aliphatic carbocycles. The minimum atomic E-state index is -5.00. The molecule has 17 heavy (non-hydrogen) atoms. The van der Waals surface area contributed by atoms with E-state index in [4.69, 9.17) is 0 Å². The highest BCUT2D eigenvalue weighted by Gasteiger charge is 2.36. The van der Waals surface area contributed by atoms with Crippen LogP contribution in [0.5, 0.6) is 0 Å². The van der Waals surface area contributed by atoms with Crippen molar-refractivity contribution in [1.29, 1.82) is 0 Å². The summed E-state index contributed by atoms with van der Waals surface area (Å²) in [7, 11) is 0. The zero-order valence-corrected chi connectivity index (χ0v) is 7.90. The first-order valence-electron chi connectivity index (χ1n) is 4.26. The minimum Gasteiger partial charge on any atom is -0.301 e. The molecule has 1 N–H and O–H groups in total. The third-order valence-corrected chi connectivity index (χ3v) is 2.06. The van der Waals surface area contributed by atoms with Crippen LogP contribution in [0.1, 0.15) is 5.69 Å². The first-order chi connectivity index (χ1) is 7.80. The van der Waals surface area contributed by atoms with Crippen molar-refractivity contribution in [3.8, 4) is 0 Å². The number of hydrogen-bond donors (Lipinski definition) is 1. The first-order valence-corrected chi connectivity index (χ1v) is 4.26. The zero-order valence-electron chi connectivity index (χ0n) is 7.90. The van der Waals surface area contributed by atoms with Crippen molar-refractivity contribution in [3.05, 3.63) is 39.9 Å². The standard InChI is InChI=1S/C9H3F5N2O/c10-3-1-2-4-5(6(3)11)7(9(12,13)14)16-8(17)15-4/h1-2H,(H,15,16,17). The maximum absolute atomic E-state index is 13.3. The third-order valence-electron chi connectivity index (χ3n) is 2.06. The fourth-order valence-corrected chi connectivity index (χ4v) is 1.39. The molecule has 2 rings (SSSR count). The molecule has 0 aliphatic rings. The van der Waals surface area contributed by atoms with Gasteiger partial charge in [0.05, 0.1) is 10.9 Å². The molecule has 0 spiro atoms. The number of nitrogens with zero attached hydrogens (tertiary/aromatic N) is 1. The van der Waals surface area contributed by atoms with E-state index < -0.39 is 40.1 Å². The van der Waals surface area contributed by atoms with Crippen molar-refractivity contribution >= 4 is 10.9 Å². The summed E-state index contributed by atoms with van der Waals surface area (Å²) in [5, 5.41) is -1.09. The van der Waals surface area contributed by atoms with Gasteiger partial charge in [-0.15, -0.1) is 0 Å². The van der Waals surface area contributed by atoms with Crippen LogP contribution in [0.3, 0.4) is 0 Å². The van der Waals surface area contributed by atoms with Gasteiger partial charge in [0.15, 0.2) is 11.6 Å². The average Bonchev–Trinajstić information content (AvgIpc) is 2.21. The smallest absolute Gasteiger partial charge is 0.301 e. The Balaban J connectivity index is 3.00. The summed E-state index contributed by atoms with van der Waals surface area (Å²) in [6.45, 7) is 0. The van der Waals surface area contributed by atoms with E-state index in [2.05, 4.69) is 4.98 Å². The second kappa shape index (κ2) is 3.51. The number of aromatic nitrogens is 2. The van der Waals surface area contributed by atoms with Crippen molar-refractivity contribution in [1.82, 2.24) is 9.97 Å². The van der Waals surface area contributed by atoms with Gasteiger partial charge in [-0.3, -0.25) is 0 Å². The Labute approximate surface area is 89.9 Å². The van der Waals surface area contributed by atoms with Gasteiger partial charge in [0.2, 0.25) is 0 Å². The highest BCUT2D eigenvalue weighted by Crippen LogP contribution is 2.33. The van der Waals surface area contributed by atoms with Crippen LogP contribution in [0, 0.1) is 11.6 Å². The lowest BCUT2D eigenvalue weighted by molar-refractivity contribution is -0.140. The van der Waals surface area contributed by atoms with Crippen molar-refractivity contribution in [2.24, 2.45) is 0 Å². The number of benzene rings is 1. The molecule has 2 aromatic rings. The van der Waals surface area contributed by atoms with E-state index in [9.17, 15) is 26.7 Å². The molecule has 0 amide bonds.